The molecule has 34 heavy (non-hydrogen) atoms. The van der Waals surface area contributed by atoms with Crippen molar-refractivity contribution in [2.45, 2.75) is 6.54 Å². The number of carbonyl (C=O) groups is 1. The van der Waals surface area contributed by atoms with Crippen molar-refractivity contribution >= 4 is 103 Å². The first-order chi connectivity index (χ1) is 16.3. The average Bonchev–Trinajstić information content (AvgIpc) is 3.28. The van der Waals surface area contributed by atoms with Gasteiger partial charge in [0.05, 0.1) is 22.2 Å². The van der Waals surface area contributed by atoms with E-state index >= 15 is 0 Å². The summed E-state index contributed by atoms with van der Waals surface area (Å²) in [5.74, 6) is -0.231. The molecule has 0 N–H and O–H groups in total. The third-order valence-electron chi connectivity index (χ3n) is 5.44. The molecule has 1 saturated heterocycles. The van der Waals surface area contributed by atoms with E-state index in [0.29, 0.717) is 41.5 Å². The number of nitrogens with zero attached hydrogens (tertiary/aromatic N) is 2. The molecule has 5 rings (SSSR count). The van der Waals surface area contributed by atoms with Gasteiger partial charge in [-0.05, 0) is 42.5 Å². The first-order valence-corrected chi connectivity index (χ1v) is 12.8. The van der Waals surface area contributed by atoms with E-state index in [-0.39, 0.29) is 5.91 Å². The number of rotatable bonds is 4. The van der Waals surface area contributed by atoms with Crippen LogP contribution in [-0.2, 0) is 11.3 Å². The zero-order valence-corrected chi connectivity index (χ0v) is 21.9. The average molecular weight is 564 g/mol. The molecule has 0 unspecified atom stereocenters. The van der Waals surface area contributed by atoms with E-state index in [1.165, 1.54) is 16.7 Å². The lowest BCUT2D eigenvalue weighted by Gasteiger charge is -2.16. The van der Waals surface area contributed by atoms with Crippen LogP contribution in [0.1, 0.15) is 11.1 Å². The summed E-state index contributed by atoms with van der Waals surface area (Å²) in [7, 11) is 0. The van der Waals surface area contributed by atoms with Gasteiger partial charge in [0, 0.05) is 43.3 Å². The normalized spacial score (nSPS) is 15.2. The molecule has 1 aliphatic heterocycles. The van der Waals surface area contributed by atoms with Crippen LogP contribution in [0, 0.1) is 0 Å². The SMILES string of the molecule is O=C1/C(=C\c2cn(Cc3c(Cl)cccc3Cl)c3ccccc23)SC(=S)N1c1ccc(Cl)cc1Cl. The lowest BCUT2D eigenvalue weighted by molar-refractivity contribution is -0.113. The molecule has 0 radical (unpaired) electrons. The van der Waals surface area contributed by atoms with Crippen LogP contribution in [0.5, 0.6) is 0 Å². The third kappa shape index (κ3) is 4.37. The number of benzene rings is 3. The fourth-order valence-corrected chi connectivity index (χ4v) is 6.14. The van der Waals surface area contributed by atoms with Crippen LogP contribution in [0.25, 0.3) is 17.0 Å². The van der Waals surface area contributed by atoms with Crippen molar-refractivity contribution in [2.24, 2.45) is 0 Å². The van der Waals surface area contributed by atoms with E-state index in [0.717, 1.165) is 22.0 Å². The minimum absolute atomic E-state index is 0.231. The number of anilines is 1. The Morgan fingerprint density at radius 3 is 2.38 bits per heavy atom. The summed E-state index contributed by atoms with van der Waals surface area (Å²) in [6.07, 6.45) is 3.85. The summed E-state index contributed by atoms with van der Waals surface area (Å²) in [6, 6.07) is 18.4. The number of hydrogen-bond acceptors (Lipinski definition) is 3. The molecule has 1 aliphatic rings. The fraction of sp³-hybridized carbons (Fsp3) is 0.0400. The highest BCUT2D eigenvalue weighted by Gasteiger charge is 2.34. The molecule has 9 heteroatoms. The molecule has 1 amide bonds. The van der Waals surface area contributed by atoms with Crippen LogP contribution < -0.4 is 4.90 Å². The van der Waals surface area contributed by atoms with Gasteiger partial charge >= 0.3 is 0 Å². The van der Waals surface area contributed by atoms with Crippen molar-refractivity contribution in [3.05, 3.63) is 103 Å². The van der Waals surface area contributed by atoms with Crippen LogP contribution in [0.2, 0.25) is 20.1 Å². The molecular formula is C25H14Cl4N2OS2. The molecular weight excluding hydrogens is 550 g/mol. The third-order valence-corrected chi connectivity index (χ3v) is 7.99. The first-order valence-electron chi connectivity index (χ1n) is 10.1. The number of aromatic nitrogens is 1. The largest absolute Gasteiger partial charge is 0.342 e. The second-order valence-corrected chi connectivity index (χ2v) is 10.9. The number of thioether (sulfide) groups is 1. The molecule has 0 atom stereocenters. The Balaban J connectivity index is 1.55. The molecule has 0 aliphatic carbocycles. The Morgan fingerprint density at radius 1 is 0.912 bits per heavy atom. The number of amides is 1. The van der Waals surface area contributed by atoms with Gasteiger partial charge in [0.15, 0.2) is 4.32 Å². The van der Waals surface area contributed by atoms with Gasteiger partial charge in [-0.15, -0.1) is 0 Å². The molecule has 1 aromatic heterocycles. The summed E-state index contributed by atoms with van der Waals surface area (Å²) in [6.45, 7) is 0.494. The number of halogens is 4. The van der Waals surface area contributed by atoms with E-state index in [9.17, 15) is 4.79 Å². The summed E-state index contributed by atoms with van der Waals surface area (Å²) in [5.41, 5.74) is 3.23. The summed E-state index contributed by atoms with van der Waals surface area (Å²) in [5, 5.41) is 3.06. The quantitative estimate of drug-likeness (QED) is 0.183. The molecule has 1 fully saturated rings. The summed E-state index contributed by atoms with van der Waals surface area (Å²) in [4.78, 5) is 15.2. The van der Waals surface area contributed by atoms with Crippen LogP contribution >= 0.6 is 70.4 Å². The standard InChI is InChI=1S/C25H14Cl4N2OS2/c26-15-8-9-22(20(29)11-15)31-24(32)23(34-25(31)33)10-14-12-30(21-7-2-1-4-16(14)21)13-17-18(27)5-3-6-19(17)28/h1-12H,13H2/b23-10+. The van der Waals surface area contributed by atoms with Crippen LogP contribution in [0.15, 0.2) is 71.8 Å². The van der Waals surface area contributed by atoms with Gasteiger partial charge in [-0.3, -0.25) is 9.69 Å². The maximum atomic E-state index is 13.3. The monoisotopic (exact) mass is 562 g/mol. The van der Waals surface area contributed by atoms with Gasteiger partial charge in [-0.25, -0.2) is 0 Å². The molecule has 2 heterocycles. The van der Waals surface area contributed by atoms with Gasteiger partial charge in [-0.1, -0.05) is 94.6 Å². The van der Waals surface area contributed by atoms with Crippen molar-refractivity contribution in [3.63, 3.8) is 0 Å². The van der Waals surface area contributed by atoms with Crippen LogP contribution in [-0.4, -0.2) is 14.8 Å². The predicted octanol–water partition coefficient (Wildman–Crippen LogP) is 8.71. The zero-order chi connectivity index (χ0) is 24.0. The highest BCUT2D eigenvalue weighted by atomic mass is 35.5. The highest BCUT2D eigenvalue weighted by Crippen LogP contribution is 2.40. The summed E-state index contributed by atoms with van der Waals surface area (Å²) < 4.78 is 2.48. The van der Waals surface area contributed by atoms with Gasteiger partial charge < -0.3 is 4.57 Å². The van der Waals surface area contributed by atoms with E-state index in [1.54, 1.807) is 18.2 Å². The highest BCUT2D eigenvalue weighted by molar-refractivity contribution is 8.27. The molecule has 4 aromatic rings. The van der Waals surface area contributed by atoms with E-state index in [2.05, 4.69) is 4.57 Å². The molecule has 0 bridgehead atoms. The van der Waals surface area contributed by atoms with Crippen molar-refractivity contribution in [3.8, 4) is 0 Å². The van der Waals surface area contributed by atoms with Crippen LogP contribution in [0.4, 0.5) is 5.69 Å². The zero-order valence-electron chi connectivity index (χ0n) is 17.3. The Bertz CT molecular complexity index is 1490. The van der Waals surface area contributed by atoms with Crippen molar-refractivity contribution in [2.75, 3.05) is 4.90 Å². The molecule has 3 aromatic carbocycles. The van der Waals surface area contributed by atoms with Crippen molar-refractivity contribution in [1.82, 2.24) is 4.57 Å². The van der Waals surface area contributed by atoms with E-state index < -0.39 is 0 Å². The lowest BCUT2D eigenvalue weighted by atomic mass is 10.1. The fourth-order valence-electron chi connectivity index (χ4n) is 3.85. The van der Waals surface area contributed by atoms with Gasteiger partial charge in [-0.2, -0.15) is 0 Å². The molecule has 170 valence electrons. The Hall–Kier alpha value is -1.99. The number of thiocarbonyl (C=S) groups is 1. The van der Waals surface area contributed by atoms with Gasteiger partial charge in [0.1, 0.15) is 0 Å². The topological polar surface area (TPSA) is 25.2 Å². The maximum Gasteiger partial charge on any atom is 0.270 e. The van der Waals surface area contributed by atoms with Crippen LogP contribution in [0.3, 0.4) is 0 Å². The first kappa shape index (κ1) is 23.7. The Labute approximate surface area is 225 Å². The molecule has 3 nitrogen and oxygen atoms in total. The second-order valence-electron chi connectivity index (χ2n) is 7.54. The van der Waals surface area contributed by atoms with E-state index in [4.69, 9.17) is 58.6 Å². The maximum absolute atomic E-state index is 13.3. The number of fused-ring (bicyclic) bond motifs is 1. The number of hydrogen-bond donors (Lipinski definition) is 0. The lowest BCUT2D eigenvalue weighted by Crippen LogP contribution is -2.27. The van der Waals surface area contributed by atoms with Crippen molar-refractivity contribution in [1.29, 1.82) is 0 Å². The van der Waals surface area contributed by atoms with Crippen molar-refractivity contribution < 1.29 is 4.79 Å². The number of carbonyl (C=O) groups excluding carboxylic acids is 1. The predicted molar refractivity (Wildman–Crippen MR) is 150 cm³/mol. The van der Waals surface area contributed by atoms with E-state index in [1.807, 2.05) is 54.7 Å². The summed E-state index contributed by atoms with van der Waals surface area (Å²) >= 11 is 31.9. The second kappa shape index (κ2) is 9.57. The molecule has 0 saturated carbocycles. The minimum atomic E-state index is -0.231. The van der Waals surface area contributed by atoms with Gasteiger partial charge in [0.2, 0.25) is 0 Å². The number of para-hydroxylation sites is 1. The Morgan fingerprint density at radius 2 is 1.65 bits per heavy atom. The smallest absolute Gasteiger partial charge is 0.270 e. The Kier molecular flexibility index (Phi) is 6.68. The van der Waals surface area contributed by atoms with Gasteiger partial charge in [0.25, 0.3) is 5.91 Å². The minimum Gasteiger partial charge on any atom is -0.342 e. The molecule has 0 spiro atoms.